The number of nitrogens with two attached hydrogens (primary N) is 1. The van der Waals surface area contributed by atoms with Crippen molar-refractivity contribution in [1.29, 1.82) is 0 Å². The number of nitrogen functional groups attached to an aromatic ring is 1. The number of hydrogen-bond donors (Lipinski definition) is 3. The van der Waals surface area contributed by atoms with E-state index in [9.17, 15) is 19.3 Å². The van der Waals surface area contributed by atoms with Crippen molar-refractivity contribution in [3.63, 3.8) is 0 Å². The molecular formula is C23H36FN6O11P. The van der Waals surface area contributed by atoms with Gasteiger partial charge in [-0.25, -0.2) is 23.8 Å². The van der Waals surface area contributed by atoms with Crippen LogP contribution in [-0.2, 0) is 37.4 Å². The molecule has 0 radical (unpaired) electrons. The van der Waals surface area contributed by atoms with Crippen LogP contribution in [0.3, 0.4) is 0 Å². The summed E-state index contributed by atoms with van der Waals surface area (Å²) in [5, 5.41) is 13.2. The van der Waals surface area contributed by atoms with E-state index in [2.05, 4.69) is 24.8 Å². The van der Waals surface area contributed by atoms with Gasteiger partial charge in [0, 0.05) is 0 Å². The van der Waals surface area contributed by atoms with Crippen LogP contribution in [0.25, 0.3) is 11.2 Å². The van der Waals surface area contributed by atoms with Crippen molar-refractivity contribution in [2.24, 2.45) is 0 Å². The topological polar surface area (TPSA) is 218 Å². The number of aliphatic hydroxyl groups is 1. The lowest BCUT2D eigenvalue weighted by Crippen LogP contribution is -2.41. The Kier molecular flexibility index (Phi) is 10.7. The van der Waals surface area contributed by atoms with Gasteiger partial charge in [-0.3, -0.25) is 18.4 Å². The molecule has 42 heavy (non-hydrogen) atoms. The van der Waals surface area contributed by atoms with Crippen molar-refractivity contribution < 1.29 is 56.4 Å². The Bertz CT molecular complexity index is 1310. The molecule has 3 heterocycles. The van der Waals surface area contributed by atoms with Crippen LogP contribution < -0.4 is 15.6 Å². The van der Waals surface area contributed by atoms with Crippen LogP contribution in [0.15, 0.2) is 6.33 Å². The molecule has 0 amide bonds. The van der Waals surface area contributed by atoms with Crippen molar-refractivity contribution in [3.05, 3.63) is 6.33 Å². The van der Waals surface area contributed by atoms with Gasteiger partial charge in [0.05, 0.1) is 32.8 Å². The minimum absolute atomic E-state index is 0.00766. The summed E-state index contributed by atoms with van der Waals surface area (Å²) in [5.74, 6) is -0.911. The normalized spacial score (nSPS) is 25.1. The number of carbonyl (C=O) groups excluding carboxylic acids is 2. The molecule has 0 saturated carbocycles. The van der Waals surface area contributed by atoms with Crippen LogP contribution in [0, 0.1) is 0 Å². The summed E-state index contributed by atoms with van der Waals surface area (Å²) in [7, 11) is -3.18. The monoisotopic (exact) mass is 622 g/mol. The highest BCUT2D eigenvalue weighted by atomic mass is 31.2. The second kappa shape index (κ2) is 13.4. The first-order chi connectivity index (χ1) is 19.6. The van der Waals surface area contributed by atoms with E-state index >= 15 is 4.39 Å². The van der Waals surface area contributed by atoms with Gasteiger partial charge in [-0.05, 0) is 41.5 Å². The second-order valence-electron chi connectivity index (χ2n) is 9.64. The van der Waals surface area contributed by atoms with Crippen molar-refractivity contribution in [3.8, 4) is 5.88 Å². The van der Waals surface area contributed by atoms with E-state index in [1.807, 2.05) is 0 Å². The molecule has 0 aliphatic carbocycles. The molecule has 17 nitrogen and oxygen atoms in total. The van der Waals surface area contributed by atoms with Crippen molar-refractivity contribution in [2.45, 2.75) is 84.1 Å². The smallest absolute Gasteiger partial charge is 0.479 e. The zero-order chi connectivity index (χ0) is 31.4. The molecule has 1 aliphatic rings. The first-order valence-corrected chi connectivity index (χ1v) is 14.5. The third-order valence-corrected chi connectivity index (χ3v) is 7.61. The van der Waals surface area contributed by atoms with Crippen LogP contribution in [0.2, 0.25) is 0 Å². The largest absolute Gasteiger partial charge is 0.510 e. The van der Waals surface area contributed by atoms with Crippen LogP contribution in [0.4, 0.5) is 15.1 Å². The number of anilines is 1. The lowest BCUT2D eigenvalue weighted by atomic mass is 9.98. The summed E-state index contributed by atoms with van der Waals surface area (Å²) in [6.45, 7) is 7.75. The fourth-order valence-corrected chi connectivity index (χ4v) is 5.52. The highest BCUT2D eigenvalue weighted by molar-refractivity contribution is 7.51. The predicted molar refractivity (Wildman–Crippen MR) is 142 cm³/mol. The Balaban J connectivity index is 1.82. The van der Waals surface area contributed by atoms with Crippen LogP contribution in [0.5, 0.6) is 5.88 Å². The molecule has 1 saturated heterocycles. The van der Waals surface area contributed by atoms with Gasteiger partial charge in [-0.2, -0.15) is 9.97 Å². The Hall–Kier alpha value is -3.15. The van der Waals surface area contributed by atoms with Crippen LogP contribution >= 0.6 is 7.75 Å². The standard InChI is InChI=1S/C23H36FN6O11P/c1-8-36-22(33)39-13(5)41-42(34,29-12(4)19(32)38-11(2)3)37-9-14-16(31)23(6,24)20(40-14)30-10-26-15-17(30)27-21(25)28-18(15)35-7/h10-14,16,20,31H,8-9H2,1-7H3,(H,29,34)(H2,25,27,28)/t12-,13?,14?,16+,20?,23+,42?/m0/s1. The molecule has 236 valence electrons. The zero-order valence-electron chi connectivity index (χ0n) is 24.2. The number of nitrogens with one attached hydrogen (secondary N) is 1. The Morgan fingerprint density at radius 3 is 2.60 bits per heavy atom. The van der Waals surface area contributed by atoms with E-state index in [0.717, 1.165) is 6.92 Å². The minimum Gasteiger partial charge on any atom is -0.479 e. The molecule has 1 fully saturated rings. The summed E-state index contributed by atoms with van der Waals surface area (Å²) in [6.07, 6.45) is -6.58. The van der Waals surface area contributed by atoms with Gasteiger partial charge in [0.25, 0.3) is 0 Å². The SMILES string of the molecule is CCOC(=O)OC(C)OP(=O)(N[C@@H](C)C(=O)OC(C)C)OCC1OC(n2cnc3c(OC)nc(N)nc32)[C@](C)(F)[C@@H]1O. The molecule has 3 rings (SSSR count). The number of esters is 1. The molecule has 2 aromatic rings. The number of alkyl halides is 1. The third-order valence-electron chi connectivity index (χ3n) is 5.85. The first-order valence-electron chi connectivity index (χ1n) is 12.9. The van der Waals surface area contributed by atoms with Gasteiger partial charge in [-0.15, -0.1) is 0 Å². The van der Waals surface area contributed by atoms with Crippen molar-refractivity contribution in [1.82, 2.24) is 24.6 Å². The van der Waals surface area contributed by atoms with Crippen LogP contribution in [-0.4, -0.2) is 93.4 Å². The quantitative estimate of drug-likeness (QED) is 0.165. The molecule has 7 atom stereocenters. The summed E-state index contributed by atoms with van der Waals surface area (Å²) < 4.78 is 67.2. The fourth-order valence-electron chi connectivity index (χ4n) is 3.97. The highest BCUT2D eigenvalue weighted by Gasteiger charge is 2.56. The average molecular weight is 623 g/mol. The fraction of sp³-hybridized carbons (Fsp3) is 0.696. The molecule has 4 N–H and O–H groups in total. The van der Waals surface area contributed by atoms with E-state index in [1.165, 1.54) is 31.9 Å². The number of fused-ring (bicyclic) bond motifs is 1. The molecule has 4 unspecified atom stereocenters. The van der Waals surface area contributed by atoms with Crippen molar-refractivity contribution >= 4 is 37.0 Å². The Labute approximate surface area is 240 Å². The van der Waals surface area contributed by atoms with E-state index < -0.39 is 69.0 Å². The number of carbonyl (C=O) groups is 2. The Morgan fingerprint density at radius 2 is 1.98 bits per heavy atom. The maximum absolute atomic E-state index is 15.9. The number of methoxy groups -OCH3 is 1. The molecule has 0 aromatic carbocycles. The third kappa shape index (κ3) is 7.62. The maximum atomic E-state index is 15.9. The molecule has 1 aliphatic heterocycles. The maximum Gasteiger partial charge on any atom is 0.510 e. The lowest BCUT2D eigenvalue weighted by Gasteiger charge is -2.26. The number of nitrogens with zero attached hydrogens (tertiary/aromatic N) is 4. The van der Waals surface area contributed by atoms with Gasteiger partial charge in [-0.1, -0.05) is 0 Å². The number of hydrogen-bond acceptors (Lipinski definition) is 15. The summed E-state index contributed by atoms with van der Waals surface area (Å²) in [6, 6.07) is -1.22. The highest BCUT2D eigenvalue weighted by Crippen LogP contribution is 2.49. The average Bonchev–Trinajstić information content (AvgIpc) is 3.39. The molecule has 2 aromatic heterocycles. The minimum atomic E-state index is -4.53. The second-order valence-corrected chi connectivity index (χ2v) is 11.4. The van der Waals surface area contributed by atoms with E-state index in [-0.39, 0.29) is 29.6 Å². The first kappa shape index (κ1) is 33.4. The summed E-state index contributed by atoms with van der Waals surface area (Å²) >= 11 is 0. The molecule has 0 bridgehead atoms. The van der Waals surface area contributed by atoms with Crippen LogP contribution in [0.1, 0.15) is 47.8 Å². The van der Waals surface area contributed by atoms with Gasteiger partial charge < -0.3 is 34.5 Å². The van der Waals surface area contributed by atoms with Crippen molar-refractivity contribution in [2.75, 3.05) is 26.1 Å². The van der Waals surface area contributed by atoms with E-state index in [0.29, 0.717) is 0 Å². The number of aliphatic hydroxyl groups excluding tert-OH is 1. The summed E-state index contributed by atoms with van der Waals surface area (Å²) in [4.78, 5) is 36.2. The predicted octanol–water partition coefficient (Wildman–Crippen LogP) is 1.99. The molecule has 19 heteroatoms. The van der Waals surface area contributed by atoms with E-state index in [4.69, 9.17) is 33.7 Å². The van der Waals surface area contributed by atoms with Gasteiger partial charge in [0.2, 0.25) is 18.1 Å². The number of aromatic nitrogens is 4. The van der Waals surface area contributed by atoms with E-state index in [1.54, 1.807) is 20.8 Å². The molecule has 0 spiro atoms. The van der Waals surface area contributed by atoms with Gasteiger partial charge >= 0.3 is 19.9 Å². The number of imidazole rings is 1. The van der Waals surface area contributed by atoms with Gasteiger partial charge in [0.1, 0.15) is 18.2 Å². The number of ether oxygens (including phenoxy) is 5. The number of halogens is 1. The Morgan fingerprint density at radius 1 is 1.29 bits per heavy atom. The summed E-state index contributed by atoms with van der Waals surface area (Å²) in [5.41, 5.74) is 3.54. The number of rotatable bonds is 13. The molecular weight excluding hydrogens is 586 g/mol. The lowest BCUT2D eigenvalue weighted by molar-refractivity contribution is -0.149. The zero-order valence-corrected chi connectivity index (χ0v) is 25.1. The van der Waals surface area contributed by atoms with Gasteiger partial charge in [0.15, 0.2) is 23.1 Å².